The average Bonchev–Trinajstić information content (AvgIpc) is 3.10. The zero-order valence-corrected chi connectivity index (χ0v) is 13.8. The maximum Gasteiger partial charge on any atom is 0.243 e. The molecule has 0 aliphatic carbocycles. The fourth-order valence-corrected chi connectivity index (χ4v) is 4.26. The first kappa shape index (κ1) is 15.3. The van der Waals surface area contributed by atoms with Gasteiger partial charge in [-0.25, -0.2) is 13.4 Å². The fourth-order valence-electron chi connectivity index (χ4n) is 2.85. The van der Waals surface area contributed by atoms with Gasteiger partial charge in [0.05, 0.1) is 18.1 Å². The predicted molar refractivity (Wildman–Crippen MR) is 91.1 cm³/mol. The molecule has 2 aromatic heterocycles. The van der Waals surface area contributed by atoms with Crippen LogP contribution in [0.4, 0.5) is 0 Å². The number of aromatic amines is 1. The van der Waals surface area contributed by atoms with Crippen molar-refractivity contribution in [2.24, 2.45) is 0 Å². The van der Waals surface area contributed by atoms with Crippen molar-refractivity contribution in [1.29, 1.82) is 0 Å². The van der Waals surface area contributed by atoms with Gasteiger partial charge in [-0.05, 0) is 29.8 Å². The van der Waals surface area contributed by atoms with Crippen LogP contribution in [0.25, 0.3) is 22.2 Å². The van der Waals surface area contributed by atoms with Gasteiger partial charge in [-0.1, -0.05) is 12.1 Å². The van der Waals surface area contributed by atoms with Crippen LogP contribution in [0.1, 0.15) is 0 Å². The lowest BCUT2D eigenvalue weighted by atomic mass is 10.1. The van der Waals surface area contributed by atoms with Gasteiger partial charge in [-0.15, -0.1) is 0 Å². The summed E-state index contributed by atoms with van der Waals surface area (Å²) >= 11 is 0. The second-order valence-electron chi connectivity index (χ2n) is 5.68. The molecule has 1 aliphatic heterocycles. The number of fused-ring (bicyclic) bond motifs is 1. The second-order valence-corrected chi connectivity index (χ2v) is 7.62. The van der Waals surface area contributed by atoms with Crippen molar-refractivity contribution in [1.82, 2.24) is 14.3 Å². The molecule has 0 spiro atoms. The zero-order chi connectivity index (χ0) is 16.6. The maximum atomic E-state index is 12.6. The molecular formula is C17H17N3O3S. The van der Waals surface area contributed by atoms with Crippen LogP contribution in [0.15, 0.2) is 53.7 Å². The van der Waals surface area contributed by atoms with E-state index in [2.05, 4.69) is 9.97 Å². The molecule has 1 aromatic carbocycles. The van der Waals surface area contributed by atoms with Crippen LogP contribution in [0.3, 0.4) is 0 Å². The van der Waals surface area contributed by atoms with Gasteiger partial charge in [0.25, 0.3) is 0 Å². The summed E-state index contributed by atoms with van der Waals surface area (Å²) in [6.07, 6.45) is 3.63. The number of rotatable bonds is 3. The minimum Gasteiger partial charge on any atom is -0.379 e. The summed E-state index contributed by atoms with van der Waals surface area (Å²) < 4.78 is 31.9. The minimum atomic E-state index is -3.45. The van der Waals surface area contributed by atoms with Gasteiger partial charge in [0.15, 0.2) is 0 Å². The van der Waals surface area contributed by atoms with Crippen LogP contribution in [-0.2, 0) is 14.8 Å². The largest absolute Gasteiger partial charge is 0.379 e. The number of benzene rings is 1. The highest BCUT2D eigenvalue weighted by Crippen LogP contribution is 2.25. The number of hydrogen-bond acceptors (Lipinski definition) is 4. The van der Waals surface area contributed by atoms with Crippen LogP contribution in [-0.4, -0.2) is 49.0 Å². The van der Waals surface area contributed by atoms with Crippen molar-refractivity contribution in [2.45, 2.75) is 4.90 Å². The zero-order valence-electron chi connectivity index (χ0n) is 13.0. The van der Waals surface area contributed by atoms with Gasteiger partial charge in [-0.2, -0.15) is 4.31 Å². The number of aromatic nitrogens is 2. The molecular weight excluding hydrogens is 326 g/mol. The van der Waals surface area contributed by atoms with Gasteiger partial charge in [0.2, 0.25) is 10.0 Å². The molecule has 0 atom stereocenters. The summed E-state index contributed by atoms with van der Waals surface area (Å²) in [7, 11) is -3.45. The minimum absolute atomic E-state index is 0.309. The summed E-state index contributed by atoms with van der Waals surface area (Å²) in [5, 5.41) is 1.03. The van der Waals surface area contributed by atoms with Crippen LogP contribution >= 0.6 is 0 Å². The number of ether oxygens (including phenoxy) is 1. The standard InChI is InChI=1S/C17H17N3O3S/c21-24(22,20-7-9-23-10-8-20)16-3-1-13(2-4-16)15-11-14-5-6-18-17(14)19-12-15/h1-6,11-12H,7-10H2,(H,18,19). The van der Waals surface area contributed by atoms with Crippen molar-refractivity contribution < 1.29 is 13.2 Å². The molecule has 6 nitrogen and oxygen atoms in total. The Hall–Kier alpha value is -2.22. The molecule has 1 N–H and O–H groups in total. The Labute approximate surface area is 140 Å². The summed E-state index contributed by atoms with van der Waals surface area (Å²) in [5.41, 5.74) is 2.73. The Morgan fingerprint density at radius 2 is 1.79 bits per heavy atom. The lowest BCUT2D eigenvalue weighted by molar-refractivity contribution is 0.0730. The molecule has 7 heteroatoms. The van der Waals surface area contributed by atoms with E-state index >= 15 is 0 Å². The highest BCUT2D eigenvalue weighted by atomic mass is 32.2. The summed E-state index contributed by atoms with van der Waals surface area (Å²) in [5.74, 6) is 0. The Morgan fingerprint density at radius 1 is 1.04 bits per heavy atom. The molecule has 3 heterocycles. The predicted octanol–water partition coefficient (Wildman–Crippen LogP) is 2.25. The van der Waals surface area contributed by atoms with Gasteiger partial charge >= 0.3 is 0 Å². The molecule has 0 saturated carbocycles. The first-order valence-electron chi connectivity index (χ1n) is 7.76. The molecule has 0 bridgehead atoms. The Kier molecular flexibility index (Phi) is 3.84. The first-order valence-corrected chi connectivity index (χ1v) is 9.20. The molecule has 24 heavy (non-hydrogen) atoms. The van der Waals surface area contributed by atoms with Crippen LogP contribution in [0.2, 0.25) is 0 Å². The number of nitrogens with one attached hydrogen (secondary N) is 1. The summed E-state index contributed by atoms with van der Waals surface area (Å²) in [4.78, 5) is 7.73. The molecule has 1 saturated heterocycles. The van der Waals surface area contributed by atoms with Crippen LogP contribution in [0, 0.1) is 0 Å². The van der Waals surface area contributed by atoms with Crippen LogP contribution < -0.4 is 0 Å². The van der Waals surface area contributed by atoms with E-state index in [9.17, 15) is 8.42 Å². The molecule has 0 radical (unpaired) electrons. The van der Waals surface area contributed by atoms with Gasteiger partial charge in [0, 0.05) is 36.4 Å². The number of pyridine rings is 1. The van der Waals surface area contributed by atoms with Crippen molar-refractivity contribution in [3.63, 3.8) is 0 Å². The molecule has 3 aromatic rings. The number of morpholine rings is 1. The number of hydrogen-bond donors (Lipinski definition) is 1. The highest BCUT2D eigenvalue weighted by Gasteiger charge is 2.26. The number of nitrogens with zero attached hydrogens (tertiary/aromatic N) is 2. The SMILES string of the molecule is O=S(=O)(c1ccc(-c2cnc3[nH]ccc3c2)cc1)N1CCOCC1. The topological polar surface area (TPSA) is 75.3 Å². The lowest BCUT2D eigenvalue weighted by Crippen LogP contribution is -2.40. The van der Waals surface area contributed by atoms with Gasteiger partial charge in [0.1, 0.15) is 5.65 Å². The van der Waals surface area contributed by atoms with Crippen molar-refractivity contribution in [3.05, 3.63) is 48.8 Å². The fraction of sp³-hybridized carbons (Fsp3) is 0.235. The van der Waals surface area contributed by atoms with E-state index in [1.807, 2.05) is 30.5 Å². The van der Waals surface area contributed by atoms with E-state index < -0.39 is 10.0 Å². The molecule has 124 valence electrons. The quantitative estimate of drug-likeness (QED) is 0.791. The van der Waals surface area contributed by atoms with Gasteiger partial charge < -0.3 is 9.72 Å². The molecule has 4 rings (SSSR count). The van der Waals surface area contributed by atoms with E-state index in [4.69, 9.17) is 4.74 Å². The third kappa shape index (κ3) is 2.71. The smallest absolute Gasteiger partial charge is 0.243 e. The third-order valence-corrected chi connectivity index (χ3v) is 6.11. The highest BCUT2D eigenvalue weighted by molar-refractivity contribution is 7.89. The molecule has 0 unspecified atom stereocenters. The van der Waals surface area contributed by atoms with Gasteiger partial charge in [-0.3, -0.25) is 0 Å². The monoisotopic (exact) mass is 343 g/mol. The normalized spacial score (nSPS) is 16.5. The first-order chi connectivity index (χ1) is 11.6. The van der Waals surface area contributed by atoms with Crippen LogP contribution in [0.5, 0.6) is 0 Å². The third-order valence-electron chi connectivity index (χ3n) is 4.20. The number of H-pyrrole nitrogens is 1. The van der Waals surface area contributed by atoms with E-state index in [1.165, 1.54) is 4.31 Å². The summed E-state index contributed by atoms with van der Waals surface area (Å²) in [6, 6.07) is 10.9. The second kappa shape index (κ2) is 6.01. The van der Waals surface area contributed by atoms with E-state index in [0.717, 1.165) is 22.2 Å². The van der Waals surface area contributed by atoms with E-state index in [-0.39, 0.29) is 0 Å². The van der Waals surface area contributed by atoms with E-state index in [1.54, 1.807) is 18.3 Å². The Balaban J connectivity index is 1.64. The maximum absolute atomic E-state index is 12.6. The Morgan fingerprint density at radius 3 is 2.54 bits per heavy atom. The summed E-state index contributed by atoms with van der Waals surface area (Å²) in [6.45, 7) is 1.69. The average molecular weight is 343 g/mol. The lowest BCUT2D eigenvalue weighted by Gasteiger charge is -2.26. The molecule has 0 amide bonds. The molecule has 1 fully saturated rings. The van der Waals surface area contributed by atoms with E-state index in [0.29, 0.717) is 31.2 Å². The van der Waals surface area contributed by atoms with Crippen molar-refractivity contribution in [3.8, 4) is 11.1 Å². The van der Waals surface area contributed by atoms with Crippen molar-refractivity contribution in [2.75, 3.05) is 26.3 Å². The molecule has 1 aliphatic rings. The Bertz CT molecular complexity index is 958. The number of sulfonamides is 1. The van der Waals surface area contributed by atoms with Crippen molar-refractivity contribution >= 4 is 21.1 Å².